The van der Waals surface area contributed by atoms with Crippen molar-refractivity contribution in [1.29, 1.82) is 0 Å². The molecule has 0 bridgehead atoms. The van der Waals surface area contributed by atoms with Crippen LogP contribution in [-0.4, -0.2) is 26.3 Å². The first-order chi connectivity index (χ1) is 5.16. The minimum atomic E-state index is -5.52. The molecule has 4 nitrogen and oxygen atoms in total. The van der Waals surface area contributed by atoms with E-state index in [1.54, 1.807) is 0 Å². The summed E-state index contributed by atoms with van der Waals surface area (Å²) in [6.45, 7) is 0.957. The lowest BCUT2D eigenvalue weighted by molar-refractivity contribution is -0.0636. The van der Waals surface area contributed by atoms with Crippen molar-refractivity contribution in [2.75, 3.05) is 6.61 Å². The minimum Gasteiger partial charge on any atom is -0.341 e. The summed E-state index contributed by atoms with van der Waals surface area (Å²) >= 11 is 0. The Balaban J connectivity index is 2.74. The van der Waals surface area contributed by atoms with Gasteiger partial charge in [0.25, 0.3) is 0 Å². The van der Waals surface area contributed by atoms with Gasteiger partial charge in [0.2, 0.25) is 5.79 Å². The number of halogens is 3. The SMILES string of the molecule is CC1(OS(=O)(=O)C(F)(F)F)CO1. The van der Waals surface area contributed by atoms with Gasteiger partial charge in [0.1, 0.15) is 6.61 Å². The van der Waals surface area contributed by atoms with Gasteiger partial charge in [-0.1, -0.05) is 0 Å². The van der Waals surface area contributed by atoms with E-state index in [0.29, 0.717) is 0 Å². The van der Waals surface area contributed by atoms with Gasteiger partial charge in [0.15, 0.2) is 0 Å². The lowest BCUT2D eigenvalue weighted by Gasteiger charge is -2.09. The minimum absolute atomic E-state index is 0.150. The van der Waals surface area contributed by atoms with E-state index in [0.717, 1.165) is 6.92 Å². The third-order valence-corrected chi connectivity index (χ3v) is 2.26. The van der Waals surface area contributed by atoms with Crippen LogP contribution in [0.5, 0.6) is 0 Å². The first-order valence-electron chi connectivity index (χ1n) is 2.82. The molecule has 0 spiro atoms. The molecule has 1 rings (SSSR count). The number of ether oxygens (including phenoxy) is 1. The molecule has 0 aromatic heterocycles. The molecule has 0 saturated carbocycles. The second-order valence-electron chi connectivity index (χ2n) is 2.41. The average molecular weight is 206 g/mol. The van der Waals surface area contributed by atoms with Crippen LogP contribution in [0.15, 0.2) is 0 Å². The van der Waals surface area contributed by atoms with Crippen LogP contribution in [0.25, 0.3) is 0 Å². The Hall–Kier alpha value is -0.340. The van der Waals surface area contributed by atoms with Gasteiger partial charge in [-0.25, -0.2) is 4.18 Å². The van der Waals surface area contributed by atoms with Crippen molar-refractivity contribution in [3.8, 4) is 0 Å². The molecule has 72 valence electrons. The van der Waals surface area contributed by atoms with Gasteiger partial charge in [-0.2, -0.15) is 21.6 Å². The van der Waals surface area contributed by atoms with Crippen LogP contribution in [0.3, 0.4) is 0 Å². The standard InChI is InChI=1S/C4H5F3O4S/c1-3(2-10-3)11-12(8,9)4(5,6)7/h2H2,1H3. The van der Waals surface area contributed by atoms with Crippen molar-refractivity contribution in [2.45, 2.75) is 18.2 Å². The fraction of sp³-hybridized carbons (Fsp3) is 1.00. The van der Waals surface area contributed by atoms with Gasteiger partial charge < -0.3 is 4.74 Å². The van der Waals surface area contributed by atoms with E-state index in [2.05, 4.69) is 8.92 Å². The van der Waals surface area contributed by atoms with Crippen LogP contribution < -0.4 is 0 Å². The molecule has 0 aliphatic carbocycles. The van der Waals surface area contributed by atoms with Gasteiger partial charge in [-0.05, 0) is 6.92 Å². The molecule has 1 fully saturated rings. The summed E-state index contributed by atoms with van der Waals surface area (Å²) in [5, 5.41) is 0. The molecule has 0 amide bonds. The van der Waals surface area contributed by atoms with Crippen molar-refractivity contribution in [3.63, 3.8) is 0 Å². The van der Waals surface area contributed by atoms with Crippen molar-refractivity contribution in [1.82, 2.24) is 0 Å². The molecule has 1 unspecified atom stereocenters. The topological polar surface area (TPSA) is 55.9 Å². The van der Waals surface area contributed by atoms with Crippen LogP contribution in [0.4, 0.5) is 13.2 Å². The van der Waals surface area contributed by atoms with E-state index in [1.165, 1.54) is 0 Å². The van der Waals surface area contributed by atoms with Gasteiger partial charge in [0.05, 0.1) is 0 Å². The first kappa shape index (κ1) is 9.75. The van der Waals surface area contributed by atoms with Gasteiger partial charge in [-0.3, -0.25) is 0 Å². The molecular formula is C4H5F3O4S. The Morgan fingerprint density at radius 2 is 1.92 bits per heavy atom. The number of rotatable bonds is 2. The van der Waals surface area contributed by atoms with Crippen LogP contribution in [0.2, 0.25) is 0 Å². The Morgan fingerprint density at radius 3 is 2.17 bits per heavy atom. The quantitative estimate of drug-likeness (QED) is 0.377. The van der Waals surface area contributed by atoms with Crippen LogP contribution in [0.1, 0.15) is 6.92 Å². The molecule has 0 N–H and O–H groups in total. The molecule has 1 saturated heterocycles. The Bertz CT molecular complexity index is 275. The summed E-state index contributed by atoms with van der Waals surface area (Å²) in [7, 11) is -5.52. The zero-order valence-corrected chi connectivity index (χ0v) is 6.70. The number of hydrogen-bond acceptors (Lipinski definition) is 4. The fourth-order valence-electron chi connectivity index (χ4n) is 0.429. The van der Waals surface area contributed by atoms with Crippen molar-refractivity contribution in [3.05, 3.63) is 0 Å². The van der Waals surface area contributed by atoms with Gasteiger partial charge in [0, 0.05) is 0 Å². The van der Waals surface area contributed by atoms with Crippen LogP contribution in [-0.2, 0) is 19.0 Å². The summed E-state index contributed by atoms with van der Waals surface area (Å²) in [6, 6.07) is 0. The normalized spacial score (nSPS) is 30.3. The predicted molar refractivity (Wildman–Crippen MR) is 30.4 cm³/mol. The Kier molecular flexibility index (Phi) is 1.89. The maximum atomic E-state index is 11.6. The molecule has 1 atom stereocenters. The number of epoxide rings is 1. The first-order valence-corrected chi connectivity index (χ1v) is 4.23. The zero-order chi connectivity index (χ0) is 9.62. The average Bonchev–Trinajstić information content (AvgIpc) is 2.42. The molecule has 0 radical (unpaired) electrons. The fourth-order valence-corrected chi connectivity index (χ4v) is 1.08. The largest absolute Gasteiger partial charge is 0.523 e. The van der Waals surface area contributed by atoms with E-state index in [4.69, 9.17) is 0 Å². The molecule has 8 heteroatoms. The summed E-state index contributed by atoms with van der Waals surface area (Å²) < 4.78 is 63.5. The van der Waals surface area contributed by atoms with Crippen LogP contribution >= 0.6 is 0 Å². The van der Waals surface area contributed by atoms with E-state index in [1.807, 2.05) is 0 Å². The molecule has 0 aromatic carbocycles. The maximum Gasteiger partial charge on any atom is 0.523 e. The maximum absolute atomic E-state index is 11.6. The monoisotopic (exact) mass is 206 g/mol. The van der Waals surface area contributed by atoms with Gasteiger partial charge in [-0.15, -0.1) is 0 Å². The van der Waals surface area contributed by atoms with E-state index >= 15 is 0 Å². The molecule has 12 heavy (non-hydrogen) atoms. The zero-order valence-electron chi connectivity index (χ0n) is 5.88. The Morgan fingerprint density at radius 1 is 1.50 bits per heavy atom. The lowest BCUT2D eigenvalue weighted by Crippen LogP contribution is -2.30. The predicted octanol–water partition coefficient (Wildman–Crippen LogP) is 0.599. The highest BCUT2D eigenvalue weighted by Crippen LogP contribution is 2.35. The Labute approximate surface area is 66.4 Å². The van der Waals surface area contributed by atoms with Crippen molar-refractivity contribution >= 4 is 10.1 Å². The molecular weight excluding hydrogens is 201 g/mol. The van der Waals surface area contributed by atoms with Crippen molar-refractivity contribution < 1.29 is 30.5 Å². The molecule has 1 aliphatic rings. The molecule has 0 aromatic rings. The highest BCUT2D eigenvalue weighted by Gasteiger charge is 2.55. The highest BCUT2D eigenvalue weighted by atomic mass is 32.2. The third-order valence-electron chi connectivity index (χ3n) is 1.12. The van der Waals surface area contributed by atoms with E-state index < -0.39 is 21.4 Å². The van der Waals surface area contributed by atoms with Crippen molar-refractivity contribution in [2.24, 2.45) is 0 Å². The van der Waals surface area contributed by atoms with E-state index in [-0.39, 0.29) is 6.61 Å². The van der Waals surface area contributed by atoms with Crippen LogP contribution in [0, 0.1) is 0 Å². The third kappa shape index (κ3) is 1.87. The summed E-state index contributed by atoms with van der Waals surface area (Å²) in [6.07, 6.45) is 0. The highest BCUT2D eigenvalue weighted by molar-refractivity contribution is 7.87. The number of alkyl halides is 3. The number of hydrogen-bond donors (Lipinski definition) is 0. The summed E-state index contributed by atoms with van der Waals surface area (Å²) in [4.78, 5) is 0. The van der Waals surface area contributed by atoms with E-state index in [9.17, 15) is 21.6 Å². The van der Waals surface area contributed by atoms with Gasteiger partial charge >= 0.3 is 15.6 Å². The molecule has 1 aliphatic heterocycles. The second kappa shape index (κ2) is 2.33. The lowest BCUT2D eigenvalue weighted by atomic mass is 10.5. The summed E-state index contributed by atoms with van der Waals surface area (Å²) in [5.41, 5.74) is -5.39. The second-order valence-corrected chi connectivity index (χ2v) is 3.94. The summed E-state index contributed by atoms with van der Waals surface area (Å²) in [5.74, 6) is -1.62. The molecule has 1 heterocycles. The smallest absolute Gasteiger partial charge is 0.341 e.